The predicted molar refractivity (Wildman–Crippen MR) is 93.5 cm³/mol. The van der Waals surface area contributed by atoms with Gasteiger partial charge in [0.1, 0.15) is 0 Å². The third-order valence-corrected chi connectivity index (χ3v) is 3.72. The van der Waals surface area contributed by atoms with E-state index in [1.807, 2.05) is 0 Å². The van der Waals surface area contributed by atoms with E-state index in [1.54, 1.807) is 24.3 Å². The van der Waals surface area contributed by atoms with Crippen molar-refractivity contribution in [1.82, 2.24) is 0 Å². The molecule has 2 N–H and O–H groups in total. The molecule has 0 aliphatic rings. The van der Waals surface area contributed by atoms with Gasteiger partial charge in [-0.3, -0.25) is 4.79 Å². The van der Waals surface area contributed by atoms with Gasteiger partial charge in [0.05, 0.1) is 18.2 Å². The average Bonchev–Trinajstić information content (AvgIpc) is 2.60. The molecule has 0 bridgehead atoms. The Balaban J connectivity index is 2.00. The minimum absolute atomic E-state index is 0.109. The van der Waals surface area contributed by atoms with Crippen molar-refractivity contribution < 1.29 is 4.79 Å². The van der Waals surface area contributed by atoms with Crippen LogP contribution in [0.15, 0.2) is 42.5 Å². The summed E-state index contributed by atoms with van der Waals surface area (Å²) in [6.45, 7) is 4.43. The number of nitrogens with one attached hydrogen (secondary N) is 2. The maximum atomic E-state index is 12.1. The fourth-order valence-electron chi connectivity index (χ4n) is 2.47. The van der Waals surface area contributed by atoms with Crippen LogP contribution in [0.2, 0.25) is 0 Å². The highest BCUT2D eigenvalue weighted by Crippen LogP contribution is 2.22. The summed E-state index contributed by atoms with van der Waals surface area (Å²) in [4.78, 5) is 12.1. The van der Waals surface area contributed by atoms with E-state index >= 15 is 0 Å². The van der Waals surface area contributed by atoms with Gasteiger partial charge in [-0.05, 0) is 48.2 Å². The lowest BCUT2D eigenvalue weighted by molar-refractivity contribution is -0.114. The molecule has 4 nitrogen and oxygen atoms in total. The SMILES string of the molecule is CCc1cccc(CC)c1NCC(=O)Nc1ccc(C#N)cc1. The Bertz CT molecular complexity index is 692. The van der Waals surface area contributed by atoms with E-state index in [0.29, 0.717) is 11.3 Å². The first kappa shape index (κ1) is 16.6. The normalized spacial score (nSPS) is 9.96. The molecule has 4 heteroatoms. The number of nitriles is 1. The van der Waals surface area contributed by atoms with Crippen LogP contribution in [-0.4, -0.2) is 12.5 Å². The van der Waals surface area contributed by atoms with Crippen LogP contribution in [0.5, 0.6) is 0 Å². The largest absolute Gasteiger partial charge is 0.376 e. The van der Waals surface area contributed by atoms with Gasteiger partial charge in [0.2, 0.25) is 5.91 Å². The second kappa shape index (κ2) is 8.00. The Morgan fingerprint density at radius 2 is 1.65 bits per heavy atom. The first-order chi connectivity index (χ1) is 11.2. The van der Waals surface area contributed by atoms with Crippen molar-refractivity contribution in [2.75, 3.05) is 17.2 Å². The summed E-state index contributed by atoms with van der Waals surface area (Å²) in [5.41, 5.74) is 4.76. The zero-order valence-electron chi connectivity index (χ0n) is 13.5. The summed E-state index contributed by atoms with van der Waals surface area (Å²) in [6, 6.07) is 15.1. The fraction of sp³-hybridized carbons (Fsp3) is 0.263. The number of carbonyl (C=O) groups excluding carboxylic acids is 1. The van der Waals surface area contributed by atoms with E-state index in [4.69, 9.17) is 5.26 Å². The summed E-state index contributed by atoms with van der Waals surface area (Å²) < 4.78 is 0. The summed E-state index contributed by atoms with van der Waals surface area (Å²) in [5.74, 6) is -0.109. The number of aryl methyl sites for hydroxylation is 2. The fourth-order valence-corrected chi connectivity index (χ4v) is 2.47. The lowest BCUT2D eigenvalue weighted by atomic mass is 10.0. The van der Waals surface area contributed by atoms with Crippen molar-refractivity contribution in [2.24, 2.45) is 0 Å². The van der Waals surface area contributed by atoms with Gasteiger partial charge >= 0.3 is 0 Å². The Morgan fingerprint density at radius 3 is 2.17 bits per heavy atom. The summed E-state index contributed by atoms with van der Waals surface area (Å²) in [7, 11) is 0. The van der Waals surface area contributed by atoms with Crippen molar-refractivity contribution in [1.29, 1.82) is 5.26 Å². The first-order valence-corrected chi connectivity index (χ1v) is 7.82. The highest BCUT2D eigenvalue weighted by molar-refractivity contribution is 5.94. The Kier molecular flexibility index (Phi) is 5.76. The van der Waals surface area contributed by atoms with E-state index in [0.717, 1.165) is 18.5 Å². The average molecular weight is 307 g/mol. The van der Waals surface area contributed by atoms with Crippen LogP contribution in [0.3, 0.4) is 0 Å². The summed E-state index contributed by atoms with van der Waals surface area (Å²) >= 11 is 0. The lowest BCUT2D eigenvalue weighted by Crippen LogP contribution is -2.22. The van der Waals surface area contributed by atoms with Crippen LogP contribution in [0.4, 0.5) is 11.4 Å². The van der Waals surface area contributed by atoms with Crippen LogP contribution in [0, 0.1) is 11.3 Å². The number of nitrogens with zero attached hydrogens (tertiary/aromatic N) is 1. The molecule has 2 aromatic carbocycles. The maximum Gasteiger partial charge on any atom is 0.243 e. The summed E-state index contributed by atoms with van der Waals surface area (Å²) in [5, 5.41) is 14.9. The number of carbonyl (C=O) groups is 1. The molecule has 0 unspecified atom stereocenters. The number of rotatable bonds is 6. The van der Waals surface area contributed by atoms with Crippen LogP contribution in [0.25, 0.3) is 0 Å². The molecular weight excluding hydrogens is 286 g/mol. The predicted octanol–water partition coefficient (Wildman–Crippen LogP) is 3.73. The monoisotopic (exact) mass is 307 g/mol. The standard InChI is InChI=1S/C19H21N3O/c1-3-15-6-5-7-16(4-2)19(15)21-13-18(23)22-17-10-8-14(12-20)9-11-17/h5-11,21H,3-4,13H2,1-2H3,(H,22,23). The van der Waals surface area contributed by atoms with E-state index < -0.39 is 0 Å². The molecule has 0 aromatic heterocycles. The van der Waals surface area contributed by atoms with Gasteiger partial charge < -0.3 is 10.6 Å². The number of hydrogen-bond donors (Lipinski definition) is 2. The Labute approximate surface area is 137 Å². The third-order valence-electron chi connectivity index (χ3n) is 3.72. The second-order valence-electron chi connectivity index (χ2n) is 5.25. The van der Waals surface area contributed by atoms with E-state index in [9.17, 15) is 4.79 Å². The van der Waals surface area contributed by atoms with Gasteiger partial charge in [0, 0.05) is 11.4 Å². The molecule has 0 aliphatic heterocycles. The van der Waals surface area contributed by atoms with Crippen LogP contribution in [0.1, 0.15) is 30.5 Å². The van der Waals surface area contributed by atoms with Crippen molar-refractivity contribution in [3.05, 3.63) is 59.2 Å². The van der Waals surface area contributed by atoms with Gasteiger partial charge in [-0.15, -0.1) is 0 Å². The molecule has 1 amide bonds. The number of para-hydroxylation sites is 1. The minimum Gasteiger partial charge on any atom is -0.376 e. The van der Waals surface area contributed by atoms with Crippen LogP contribution in [-0.2, 0) is 17.6 Å². The highest BCUT2D eigenvalue weighted by atomic mass is 16.1. The molecule has 0 atom stereocenters. The number of anilines is 2. The van der Waals surface area contributed by atoms with Crippen LogP contribution >= 0.6 is 0 Å². The highest BCUT2D eigenvalue weighted by Gasteiger charge is 2.08. The van der Waals surface area contributed by atoms with Crippen molar-refractivity contribution >= 4 is 17.3 Å². The first-order valence-electron chi connectivity index (χ1n) is 7.82. The minimum atomic E-state index is -0.109. The number of amides is 1. The second-order valence-corrected chi connectivity index (χ2v) is 5.25. The molecule has 0 fully saturated rings. The van der Waals surface area contributed by atoms with E-state index in [-0.39, 0.29) is 12.5 Å². The van der Waals surface area contributed by atoms with Gasteiger partial charge in [-0.2, -0.15) is 5.26 Å². The third kappa shape index (κ3) is 4.33. The molecule has 0 saturated carbocycles. The Hall–Kier alpha value is -2.80. The lowest BCUT2D eigenvalue weighted by Gasteiger charge is -2.15. The van der Waals surface area contributed by atoms with Crippen LogP contribution < -0.4 is 10.6 Å². The molecule has 0 heterocycles. The smallest absolute Gasteiger partial charge is 0.243 e. The molecular formula is C19H21N3O. The molecule has 0 radical (unpaired) electrons. The molecule has 2 rings (SSSR count). The van der Waals surface area contributed by atoms with E-state index in [1.165, 1.54) is 11.1 Å². The van der Waals surface area contributed by atoms with Gasteiger partial charge in [0.15, 0.2) is 0 Å². The van der Waals surface area contributed by atoms with E-state index in [2.05, 4.69) is 48.7 Å². The van der Waals surface area contributed by atoms with Crippen molar-refractivity contribution in [3.8, 4) is 6.07 Å². The van der Waals surface area contributed by atoms with Gasteiger partial charge in [-0.25, -0.2) is 0 Å². The number of benzene rings is 2. The molecule has 0 saturated heterocycles. The molecule has 2 aromatic rings. The summed E-state index contributed by atoms with van der Waals surface area (Å²) in [6.07, 6.45) is 1.85. The van der Waals surface area contributed by atoms with Crippen molar-refractivity contribution in [2.45, 2.75) is 26.7 Å². The zero-order valence-corrected chi connectivity index (χ0v) is 13.5. The molecule has 118 valence electrons. The molecule has 23 heavy (non-hydrogen) atoms. The Morgan fingerprint density at radius 1 is 1.04 bits per heavy atom. The van der Waals surface area contributed by atoms with Gasteiger partial charge in [-0.1, -0.05) is 32.0 Å². The van der Waals surface area contributed by atoms with Crippen molar-refractivity contribution in [3.63, 3.8) is 0 Å². The molecule has 0 aliphatic carbocycles. The topological polar surface area (TPSA) is 64.9 Å². The maximum absolute atomic E-state index is 12.1. The van der Waals surface area contributed by atoms with Gasteiger partial charge in [0.25, 0.3) is 0 Å². The number of hydrogen-bond acceptors (Lipinski definition) is 3. The quantitative estimate of drug-likeness (QED) is 0.854. The zero-order chi connectivity index (χ0) is 16.7. The molecule has 0 spiro atoms.